The highest BCUT2D eigenvalue weighted by Gasteiger charge is 2.19. The number of hydrogen-bond acceptors (Lipinski definition) is 2. The fourth-order valence-corrected chi connectivity index (χ4v) is 2.61. The second-order valence-electron chi connectivity index (χ2n) is 5.50. The van der Waals surface area contributed by atoms with Crippen molar-refractivity contribution in [2.75, 3.05) is 0 Å². The van der Waals surface area contributed by atoms with Crippen LogP contribution in [-0.2, 0) is 0 Å². The van der Waals surface area contributed by atoms with Crippen LogP contribution < -0.4 is 0 Å². The van der Waals surface area contributed by atoms with E-state index in [4.69, 9.17) is 4.42 Å². The first-order valence-electron chi connectivity index (χ1n) is 6.91. The lowest BCUT2D eigenvalue weighted by Gasteiger charge is -2.14. The lowest BCUT2D eigenvalue weighted by Crippen LogP contribution is -2.02. The molecule has 0 fully saturated rings. The van der Waals surface area contributed by atoms with Gasteiger partial charge in [0.25, 0.3) is 0 Å². The van der Waals surface area contributed by atoms with E-state index in [9.17, 15) is 9.50 Å². The van der Waals surface area contributed by atoms with Crippen LogP contribution >= 0.6 is 0 Å². The quantitative estimate of drug-likeness (QED) is 0.747. The van der Waals surface area contributed by atoms with Gasteiger partial charge in [-0.3, -0.25) is 0 Å². The van der Waals surface area contributed by atoms with Crippen molar-refractivity contribution in [2.24, 2.45) is 0 Å². The monoisotopic (exact) mass is 284 g/mol. The van der Waals surface area contributed by atoms with Crippen LogP contribution in [0.15, 0.2) is 40.8 Å². The molecule has 1 heterocycles. The van der Waals surface area contributed by atoms with E-state index in [-0.39, 0.29) is 5.58 Å². The van der Waals surface area contributed by atoms with Crippen LogP contribution in [0.5, 0.6) is 0 Å². The summed E-state index contributed by atoms with van der Waals surface area (Å²) in [7, 11) is 0. The lowest BCUT2D eigenvalue weighted by atomic mass is 9.96. The van der Waals surface area contributed by atoms with Crippen molar-refractivity contribution in [3.63, 3.8) is 0 Å². The van der Waals surface area contributed by atoms with Gasteiger partial charge < -0.3 is 9.52 Å². The van der Waals surface area contributed by atoms with Crippen molar-refractivity contribution in [1.29, 1.82) is 0 Å². The minimum Gasteiger partial charge on any atom is -0.455 e. The summed E-state index contributed by atoms with van der Waals surface area (Å²) in [5, 5.41) is 11.2. The summed E-state index contributed by atoms with van der Waals surface area (Å²) in [5.41, 5.74) is 4.26. The molecule has 1 unspecified atom stereocenters. The smallest absolute Gasteiger partial charge is 0.170 e. The predicted molar refractivity (Wildman–Crippen MR) is 80.9 cm³/mol. The Balaban J connectivity index is 2.10. The van der Waals surface area contributed by atoms with E-state index in [1.807, 2.05) is 32.9 Å². The molecule has 0 radical (unpaired) electrons. The molecule has 0 bridgehead atoms. The van der Waals surface area contributed by atoms with Crippen molar-refractivity contribution in [2.45, 2.75) is 26.9 Å². The van der Waals surface area contributed by atoms with E-state index in [1.54, 1.807) is 18.2 Å². The van der Waals surface area contributed by atoms with Gasteiger partial charge in [0.15, 0.2) is 11.4 Å². The number of fused-ring (bicyclic) bond motifs is 1. The summed E-state index contributed by atoms with van der Waals surface area (Å²) in [6.45, 7) is 5.99. The third kappa shape index (κ3) is 2.34. The number of para-hydroxylation sites is 1. The Morgan fingerprint density at radius 1 is 1.00 bits per heavy atom. The largest absolute Gasteiger partial charge is 0.455 e. The summed E-state index contributed by atoms with van der Waals surface area (Å²) in [6, 6.07) is 10.4. The Labute approximate surface area is 122 Å². The van der Waals surface area contributed by atoms with Crippen LogP contribution in [0.2, 0.25) is 0 Å². The number of furan rings is 1. The summed E-state index contributed by atoms with van der Waals surface area (Å²) in [5.74, 6) is -0.0517. The molecule has 0 saturated heterocycles. The highest BCUT2D eigenvalue weighted by atomic mass is 19.1. The minimum atomic E-state index is -0.893. The fraction of sp³-hybridized carbons (Fsp3) is 0.222. The SMILES string of the molecule is Cc1cc(C)c(C(O)c2cc3cccc(F)c3o2)cc1C. The maximum Gasteiger partial charge on any atom is 0.170 e. The molecule has 1 atom stereocenters. The number of rotatable bonds is 2. The van der Waals surface area contributed by atoms with Crippen molar-refractivity contribution in [1.82, 2.24) is 0 Å². The highest BCUT2D eigenvalue weighted by Crippen LogP contribution is 2.31. The zero-order valence-corrected chi connectivity index (χ0v) is 12.3. The molecule has 0 saturated carbocycles. The van der Waals surface area contributed by atoms with E-state index in [0.29, 0.717) is 11.1 Å². The van der Waals surface area contributed by atoms with Crippen LogP contribution in [0.1, 0.15) is 34.1 Å². The number of halogens is 1. The van der Waals surface area contributed by atoms with E-state index >= 15 is 0 Å². The second kappa shape index (κ2) is 5.01. The zero-order valence-electron chi connectivity index (χ0n) is 12.3. The van der Waals surface area contributed by atoms with Gasteiger partial charge in [0.2, 0.25) is 0 Å². The van der Waals surface area contributed by atoms with Gasteiger partial charge in [0, 0.05) is 5.39 Å². The highest BCUT2D eigenvalue weighted by molar-refractivity contribution is 5.78. The van der Waals surface area contributed by atoms with Crippen LogP contribution in [0, 0.1) is 26.6 Å². The minimum absolute atomic E-state index is 0.188. The van der Waals surface area contributed by atoms with Gasteiger partial charge in [-0.2, -0.15) is 0 Å². The number of aliphatic hydroxyl groups is 1. The molecule has 108 valence electrons. The summed E-state index contributed by atoms with van der Waals surface area (Å²) < 4.78 is 19.2. The van der Waals surface area contributed by atoms with Gasteiger partial charge in [-0.15, -0.1) is 0 Å². The molecule has 0 amide bonds. The number of hydrogen-bond donors (Lipinski definition) is 1. The molecule has 3 aromatic rings. The Bertz CT molecular complexity index is 817. The van der Waals surface area contributed by atoms with E-state index in [0.717, 1.165) is 16.7 Å². The molecule has 1 N–H and O–H groups in total. The predicted octanol–water partition coefficient (Wildman–Crippen LogP) is 4.58. The van der Waals surface area contributed by atoms with Gasteiger partial charge in [0.05, 0.1) is 0 Å². The Morgan fingerprint density at radius 3 is 2.43 bits per heavy atom. The van der Waals surface area contributed by atoms with Gasteiger partial charge in [-0.25, -0.2) is 4.39 Å². The molecule has 3 rings (SSSR count). The van der Waals surface area contributed by atoms with Crippen LogP contribution in [0.25, 0.3) is 11.0 Å². The van der Waals surface area contributed by atoms with Crippen LogP contribution in [0.4, 0.5) is 4.39 Å². The molecule has 1 aromatic heterocycles. The molecule has 2 aromatic carbocycles. The number of benzene rings is 2. The van der Waals surface area contributed by atoms with E-state index < -0.39 is 11.9 Å². The lowest BCUT2D eigenvalue weighted by molar-refractivity contribution is 0.191. The second-order valence-corrected chi connectivity index (χ2v) is 5.50. The van der Waals surface area contributed by atoms with Gasteiger partial charge >= 0.3 is 0 Å². The summed E-state index contributed by atoms with van der Waals surface area (Å²) in [6.07, 6.45) is -0.893. The third-order valence-electron chi connectivity index (χ3n) is 3.96. The third-order valence-corrected chi connectivity index (χ3v) is 3.96. The maximum atomic E-state index is 13.7. The topological polar surface area (TPSA) is 33.4 Å². The first-order chi connectivity index (χ1) is 9.97. The average Bonchev–Trinajstić information content (AvgIpc) is 2.87. The van der Waals surface area contributed by atoms with Crippen molar-refractivity contribution in [3.05, 3.63) is 70.2 Å². The first-order valence-corrected chi connectivity index (χ1v) is 6.91. The number of aliphatic hydroxyl groups excluding tert-OH is 1. The average molecular weight is 284 g/mol. The van der Waals surface area contributed by atoms with Crippen LogP contribution in [0.3, 0.4) is 0 Å². The maximum absolute atomic E-state index is 13.7. The first kappa shape index (κ1) is 13.8. The van der Waals surface area contributed by atoms with Crippen molar-refractivity contribution >= 4 is 11.0 Å². The molecular formula is C18H17FO2. The summed E-state index contributed by atoms with van der Waals surface area (Å²) in [4.78, 5) is 0. The van der Waals surface area contributed by atoms with E-state index in [2.05, 4.69) is 0 Å². The number of aryl methyl sites for hydroxylation is 3. The normalized spacial score (nSPS) is 12.8. The molecule has 3 heteroatoms. The standard InChI is InChI=1S/C18H17FO2/c1-10-7-12(3)14(8-11(10)2)17(20)16-9-13-5-4-6-15(19)18(13)21-16/h4-9,17,20H,1-3H3. The molecule has 21 heavy (non-hydrogen) atoms. The molecule has 0 spiro atoms. The molecule has 2 nitrogen and oxygen atoms in total. The van der Waals surface area contributed by atoms with Crippen LogP contribution in [-0.4, -0.2) is 5.11 Å². The molecule has 0 aliphatic heterocycles. The Morgan fingerprint density at radius 2 is 1.71 bits per heavy atom. The molecule has 0 aliphatic carbocycles. The van der Waals surface area contributed by atoms with Gasteiger partial charge in [-0.05, 0) is 55.2 Å². The zero-order chi connectivity index (χ0) is 15.1. The van der Waals surface area contributed by atoms with E-state index in [1.165, 1.54) is 11.6 Å². The molecular weight excluding hydrogens is 267 g/mol. The summed E-state index contributed by atoms with van der Waals surface area (Å²) >= 11 is 0. The van der Waals surface area contributed by atoms with Gasteiger partial charge in [-0.1, -0.05) is 24.3 Å². The Hall–Kier alpha value is -2.13. The fourth-order valence-electron chi connectivity index (χ4n) is 2.61. The Kier molecular flexibility index (Phi) is 3.30. The van der Waals surface area contributed by atoms with Gasteiger partial charge in [0.1, 0.15) is 11.9 Å². The van der Waals surface area contributed by atoms with Crippen molar-refractivity contribution in [3.8, 4) is 0 Å². The van der Waals surface area contributed by atoms with Crippen molar-refractivity contribution < 1.29 is 13.9 Å². The molecule has 0 aliphatic rings.